The van der Waals surface area contributed by atoms with Crippen LogP contribution in [0.4, 0.5) is 0 Å². The Hall–Kier alpha value is -1.81. The van der Waals surface area contributed by atoms with Crippen LogP contribution in [0.3, 0.4) is 0 Å². The number of aromatic nitrogens is 2. The van der Waals surface area contributed by atoms with Crippen LogP contribution in [0, 0.1) is 18.3 Å². The Bertz CT molecular complexity index is 684. The first-order chi connectivity index (χ1) is 11.6. The van der Waals surface area contributed by atoms with E-state index in [1.807, 2.05) is 29.9 Å². The fraction of sp³-hybridized carbons (Fsp3) is 0.444. The molecule has 0 aliphatic rings. The fourth-order valence-electron chi connectivity index (χ4n) is 2.80. The summed E-state index contributed by atoms with van der Waals surface area (Å²) in [6.07, 6.45) is 4.71. The van der Waals surface area contributed by atoms with Crippen molar-refractivity contribution < 1.29 is 5.11 Å². The molecule has 0 amide bonds. The van der Waals surface area contributed by atoms with Crippen LogP contribution >= 0.6 is 11.8 Å². The third kappa shape index (κ3) is 4.38. The first-order valence-electron chi connectivity index (χ1n) is 8.01. The Balaban J connectivity index is 2.17. The summed E-state index contributed by atoms with van der Waals surface area (Å²) in [7, 11) is 0. The van der Waals surface area contributed by atoms with E-state index < -0.39 is 0 Å². The van der Waals surface area contributed by atoms with Crippen LogP contribution in [0.25, 0.3) is 5.69 Å². The highest BCUT2D eigenvalue weighted by Crippen LogP contribution is 2.21. The van der Waals surface area contributed by atoms with Crippen molar-refractivity contribution in [2.45, 2.75) is 32.4 Å². The lowest BCUT2D eigenvalue weighted by Gasteiger charge is -2.22. The zero-order valence-electron chi connectivity index (χ0n) is 14.4. The summed E-state index contributed by atoms with van der Waals surface area (Å²) < 4.78 is 1.89. The summed E-state index contributed by atoms with van der Waals surface area (Å²) in [6.45, 7) is 4.36. The van der Waals surface area contributed by atoms with Gasteiger partial charge in [0, 0.05) is 35.7 Å². The number of aliphatic hydroxyl groups is 1. The van der Waals surface area contributed by atoms with Crippen molar-refractivity contribution in [1.29, 1.82) is 5.26 Å². The number of hydrogen-bond acceptors (Lipinski definition) is 5. The van der Waals surface area contributed by atoms with Crippen molar-refractivity contribution in [1.82, 2.24) is 15.1 Å². The molecule has 0 fully saturated rings. The molecule has 0 saturated carbocycles. The molecule has 2 atom stereocenters. The number of rotatable bonds is 8. The highest BCUT2D eigenvalue weighted by atomic mass is 32.2. The summed E-state index contributed by atoms with van der Waals surface area (Å²) in [6, 6.07) is 9.97. The molecule has 6 heteroatoms. The first kappa shape index (κ1) is 18.5. The van der Waals surface area contributed by atoms with Crippen molar-refractivity contribution in [3.8, 4) is 11.8 Å². The molecule has 0 aliphatic carbocycles. The van der Waals surface area contributed by atoms with Crippen molar-refractivity contribution in [3.05, 3.63) is 47.3 Å². The lowest BCUT2D eigenvalue weighted by atomic mass is 10.1. The van der Waals surface area contributed by atoms with Crippen molar-refractivity contribution in [3.63, 3.8) is 0 Å². The maximum absolute atomic E-state index is 9.21. The maximum atomic E-state index is 9.21. The lowest BCUT2D eigenvalue weighted by Crippen LogP contribution is -2.34. The number of nitriles is 1. The molecule has 1 aromatic carbocycles. The average Bonchev–Trinajstić information content (AvgIpc) is 2.97. The number of nitrogens with one attached hydrogen (secondary N) is 1. The number of thioether (sulfide) groups is 1. The smallest absolute Gasteiger partial charge is 0.0991 e. The van der Waals surface area contributed by atoms with Crippen molar-refractivity contribution >= 4 is 11.8 Å². The van der Waals surface area contributed by atoms with Crippen LogP contribution in [-0.4, -0.2) is 39.5 Å². The predicted octanol–water partition coefficient (Wildman–Crippen LogP) is 2.82. The molecule has 1 aromatic heterocycles. The standard InChI is InChI=1S/C18H24N4OS/c1-13(21-16(8-9-23)12-24-3)18-11-20-22(14(18)2)17-6-4-15(10-19)5-7-17/h4-7,11,13,16,21,23H,8-9,12H2,1-3H3. The van der Waals surface area contributed by atoms with Gasteiger partial charge in [-0.1, -0.05) is 0 Å². The minimum atomic E-state index is 0.154. The van der Waals surface area contributed by atoms with E-state index in [-0.39, 0.29) is 18.7 Å². The molecule has 0 spiro atoms. The molecule has 0 saturated heterocycles. The van der Waals surface area contributed by atoms with E-state index >= 15 is 0 Å². The molecule has 0 radical (unpaired) electrons. The second-order valence-corrected chi connectivity index (χ2v) is 6.72. The second-order valence-electron chi connectivity index (χ2n) is 5.81. The number of nitrogens with zero attached hydrogens (tertiary/aromatic N) is 3. The zero-order chi connectivity index (χ0) is 17.5. The molecule has 2 rings (SSSR count). The predicted molar refractivity (Wildman–Crippen MR) is 98.4 cm³/mol. The van der Waals surface area contributed by atoms with Gasteiger partial charge in [-0.25, -0.2) is 4.68 Å². The van der Waals surface area contributed by atoms with Gasteiger partial charge in [-0.05, 0) is 50.8 Å². The first-order valence-corrected chi connectivity index (χ1v) is 9.41. The van der Waals surface area contributed by atoms with E-state index in [1.54, 1.807) is 23.9 Å². The minimum absolute atomic E-state index is 0.154. The van der Waals surface area contributed by atoms with Gasteiger partial charge in [-0.15, -0.1) is 0 Å². The van der Waals surface area contributed by atoms with E-state index in [1.165, 1.54) is 0 Å². The van der Waals surface area contributed by atoms with Crippen LogP contribution in [-0.2, 0) is 0 Å². The third-order valence-corrected chi connectivity index (χ3v) is 4.82. The molecular formula is C18H24N4OS. The monoisotopic (exact) mass is 344 g/mol. The van der Waals surface area contributed by atoms with Crippen LogP contribution in [0.1, 0.15) is 36.2 Å². The Labute approximate surface area is 147 Å². The van der Waals surface area contributed by atoms with Gasteiger partial charge < -0.3 is 10.4 Å². The van der Waals surface area contributed by atoms with Gasteiger partial charge in [0.15, 0.2) is 0 Å². The highest BCUT2D eigenvalue weighted by Gasteiger charge is 2.17. The largest absolute Gasteiger partial charge is 0.396 e. The molecule has 2 unspecified atom stereocenters. The molecule has 5 nitrogen and oxygen atoms in total. The van der Waals surface area contributed by atoms with Crippen LogP contribution in [0.5, 0.6) is 0 Å². The van der Waals surface area contributed by atoms with Crippen molar-refractivity contribution in [2.24, 2.45) is 0 Å². The zero-order valence-corrected chi connectivity index (χ0v) is 15.2. The van der Waals surface area contributed by atoms with Gasteiger partial charge in [0.05, 0.1) is 23.5 Å². The Kier molecular flexibility index (Phi) is 6.85. The van der Waals surface area contributed by atoms with Gasteiger partial charge >= 0.3 is 0 Å². The maximum Gasteiger partial charge on any atom is 0.0991 e. The van der Waals surface area contributed by atoms with Gasteiger partial charge in [0.2, 0.25) is 0 Å². The summed E-state index contributed by atoms with van der Waals surface area (Å²) in [5.74, 6) is 0.966. The van der Waals surface area contributed by atoms with Gasteiger partial charge in [0.25, 0.3) is 0 Å². The Morgan fingerprint density at radius 3 is 2.67 bits per heavy atom. The SMILES string of the molecule is CSCC(CCO)NC(C)c1cnn(-c2ccc(C#N)cc2)c1C. The molecule has 2 aromatic rings. The molecular weight excluding hydrogens is 320 g/mol. The van der Waals surface area contributed by atoms with Gasteiger partial charge in [-0.2, -0.15) is 22.1 Å². The highest BCUT2D eigenvalue weighted by molar-refractivity contribution is 7.98. The fourth-order valence-corrected chi connectivity index (χ4v) is 3.47. The van der Waals surface area contributed by atoms with E-state index in [9.17, 15) is 5.11 Å². The quantitative estimate of drug-likeness (QED) is 0.770. The van der Waals surface area contributed by atoms with Crippen LogP contribution in [0.15, 0.2) is 30.5 Å². The molecule has 0 bridgehead atoms. The van der Waals surface area contributed by atoms with Gasteiger partial charge in [-0.3, -0.25) is 0 Å². The molecule has 2 N–H and O–H groups in total. The number of hydrogen-bond donors (Lipinski definition) is 2. The molecule has 128 valence electrons. The normalized spacial score (nSPS) is 13.5. The summed E-state index contributed by atoms with van der Waals surface area (Å²) in [5, 5.41) is 26.2. The molecule has 24 heavy (non-hydrogen) atoms. The topological polar surface area (TPSA) is 73.9 Å². The second kappa shape index (κ2) is 8.88. The van der Waals surface area contributed by atoms with E-state index in [2.05, 4.69) is 29.7 Å². The number of benzene rings is 1. The number of aliphatic hydroxyl groups excluding tert-OH is 1. The van der Waals surface area contributed by atoms with E-state index in [4.69, 9.17) is 5.26 Å². The molecule has 1 heterocycles. The summed E-state index contributed by atoms with van der Waals surface area (Å²) in [5.41, 5.74) is 3.80. The summed E-state index contributed by atoms with van der Waals surface area (Å²) in [4.78, 5) is 0. The third-order valence-electron chi connectivity index (χ3n) is 4.09. The van der Waals surface area contributed by atoms with Crippen LogP contribution < -0.4 is 5.32 Å². The van der Waals surface area contributed by atoms with Crippen LogP contribution in [0.2, 0.25) is 0 Å². The Morgan fingerprint density at radius 1 is 1.38 bits per heavy atom. The van der Waals surface area contributed by atoms with E-state index in [0.29, 0.717) is 5.56 Å². The lowest BCUT2D eigenvalue weighted by molar-refractivity contribution is 0.265. The average molecular weight is 344 g/mol. The molecule has 0 aliphatic heterocycles. The van der Waals surface area contributed by atoms with Crippen molar-refractivity contribution in [2.75, 3.05) is 18.6 Å². The summed E-state index contributed by atoms with van der Waals surface area (Å²) >= 11 is 1.78. The minimum Gasteiger partial charge on any atom is -0.396 e. The van der Waals surface area contributed by atoms with E-state index in [0.717, 1.165) is 29.1 Å². The Morgan fingerprint density at radius 2 is 2.08 bits per heavy atom. The van der Waals surface area contributed by atoms with Gasteiger partial charge in [0.1, 0.15) is 0 Å².